The molecule has 0 N–H and O–H groups in total. The molecule has 0 amide bonds. The van der Waals surface area contributed by atoms with Crippen molar-refractivity contribution in [3.05, 3.63) is 170 Å². The minimum atomic E-state index is -2.02. The molecule has 1 aliphatic rings. The maximum atomic E-state index is 5.38. The van der Waals surface area contributed by atoms with Gasteiger partial charge in [-0.1, -0.05) is 134 Å². The van der Waals surface area contributed by atoms with E-state index < -0.39 is 8.07 Å². The summed E-state index contributed by atoms with van der Waals surface area (Å²) < 4.78 is 4.88. The lowest BCUT2D eigenvalue weighted by molar-refractivity contribution is 1.15. The number of fused-ring (bicyclic) bond motifs is 10. The van der Waals surface area contributed by atoms with Crippen LogP contribution in [0.3, 0.4) is 0 Å². The zero-order valence-electron chi connectivity index (χ0n) is 29.5. The first-order chi connectivity index (χ1) is 26.1. The average molecular weight is 695 g/mol. The standard InChI is InChI=1S/C48H34N4Si/c1-53(2)42-24-14-11-21-39(42)44-47(53)43(31-15-5-3-6-16-31)49-48(50-44)32-25-27-34(28-26-32)52-41-23-13-10-20-36(41)38-30-29-37-35-19-9-12-22-40(35)51(45(37)46(38)52)33-17-7-4-8-18-33/h3-30H,1-2H3. The van der Waals surface area contributed by atoms with Crippen LogP contribution in [0, 0.1) is 0 Å². The molecule has 4 nitrogen and oxygen atoms in total. The Bertz CT molecular complexity index is 3070. The third-order valence-corrected chi connectivity index (χ3v) is 14.8. The molecule has 0 unspecified atom stereocenters. The molecule has 0 atom stereocenters. The second-order valence-corrected chi connectivity index (χ2v) is 18.9. The van der Waals surface area contributed by atoms with Crippen LogP contribution in [0.4, 0.5) is 0 Å². The number of hydrogen-bond acceptors (Lipinski definition) is 2. The van der Waals surface area contributed by atoms with E-state index in [0.717, 1.165) is 39.7 Å². The third kappa shape index (κ3) is 4.29. The van der Waals surface area contributed by atoms with E-state index in [1.165, 1.54) is 59.5 Å². The number of hydrogen-bond donors (Lipinski definition) is 0. The fourth-order valence-corrected chi connectivity index (χ4v) is 12.2. The van der Waals surface area contributed by atoms with Crippen LogP contribution in [-0.4, -0.2) is 27.2 Å². The third-order valence-electron chi connectivity index (χ3n) is 11.3. The van der Waals surface area contributed by atoms with Gasteiger partial charge in [0.2, 0.25) is 0 Å². The lowest BCUT2D eigenvalue weighted by atomic mass is 10.1. The van der Waals surface area contributed by atoms with Gasteiger partial charge in [-0.3, -0.25) is 0 Å². The maximum Gasteiger partial charge on any atom is 0.160 e. The van der Waals surface area contributed by atoms with E-state index in [0.29, 0.717) is 0 Å². The van der Waals surface area contributed by atoms with Gasteiger partial charge in [-0.05, 0) is 64.5 Å². The fourth-order valence-electron chi connectivity index (χ4n) is 8.92. The number of nitrogens with zero attached hydrogens (tertiary/aromatic N) is 4. The van der Waals surface area contributed by atoms with Crippen molar-refractivity contribution in [2.24, 2.45) is 0 Å². The molecule has 5 heteroatoms. The minimum absolute atomic E-state index is 0.754. The smallest absolute Gasteiger partial charge is 0.160 e. The van der Waals surface area contributed by atoms with Crippen molar-refractivity contribution < 1.29 is 0 Å². The summed E-state index contributed by atoms with van der Waals surface area (Å²) in [4.78, 5) is 10.7. The Kier molecular flexibility index (Phi) is 6.37. The quantitative estimate of drug-likeness (QED) is 0.172. The van der Waals surface area contributed by atoms with E-state index in [1.807, 2.05) is 0 Å². The molecule has 0 bridgehead atoms. The largest absolute Gasteiger partial charge is 0.307 e. The summed E-state index contributed by atoms with van der Waals surface area (Å²) in [6.45, 7) is 4.86. The molecular weight excluding hydrogens is 661 g/mol. The molecule has 11 rings (SSSR count). The first-order valence-electron chi connectivity index (χ1n) is 18.3. The van der Waals surface area contributed by atoms with Gasteiger partial charge in [0.05, 0.1) is 33.5 Å². The molecule has 4 heterocycles. The van der Waals surface area contributed by atoms with Crippen LogP contribution < -0.4 is 10.4 Å². The molecule has 0 radical (unpaired) electrons. The Morgan fingerprint density at radius 3 is 1.57 bits per heavy atom. The number of benzene rings is 7. The zero-order valence-corrected chi connectivity index (χ0v) is 30.5. The highest BCUT2D eigenvalue weighted by Gasteiger charge is 2.41. The Hall–Kier alpha value is -6.56. The molecule has 10 aromatic rings. The highest BCUT2D eigenvalue weighted by atomic mass is 28.3. The summed E-state index contributed by atoms with van der Waals surface area (Å²) in [6.07, 6.45) is 0. The minimum Gasteiger partial charge on any atom is -0.307 e. The van der Waals surface area contributed by atoms with Crippen molar-refractivity contribution in [3.8, 4) is 45.3 Å². The number of aromatic nitrogens is 4. The van der Waals surface area contributed by atoms with E-state index in [-0.39, 0.29) is 0 Å². The Balaban J connectivity index is 1.15. The lowest BCUT2D eigenvalue weighted by Crippen LogP contribution is -2.50. The molecular formula is C48H34N4Si. The fraction of sp³-hybridized carbons (Fsp3) is 0.0417. The molecule has 0 fully saturated rings. The highest BCUT2D eigenvalue weighted by molar-refractivity contribution is 7.04. The van der Waals surface area contributed by atoms with Crippen LogP contribution in [0.5, 0.6) is 0 Å². The van der Waals surface area contributed by atoms with Gasteiger partial charge < -0.3 is 9.13 Å². The molecule has 0 aliphatic carbocycles. The first-order valence-corrected chi connectivity index (χ1v) is 21.3. The van der Waals surface area contributed by atoms with Crippen molar-refractivity contribution >= 4 is 62.1 Å². The second-order valence-electron chi connectivity index (χ2n) is 14.6. The van der Waals surface area contributed by atoms with Crippen LogP contribution in [0.15, 0.2) is 170 Å². The van der Waals surface area contributed by atoms with Crippen molar-refractivity contribution in [1.29, 1.82) is 0 Å². The van der Waals surface area contributed by atoms with Gasteiger partial charge in [0.25, 0.3) is 0 Å². The molecule has 0 spiro atoms. The first kappa shape index (κ1) is 30.1. The van der Waals surface area contributed by atoms with Crippen LogP contribution in [-0.2, 0) is 0 Å². The molecule has 7 aromatic carbocycles. The SMILES string of the molecule is C[Si]1(C)c2ccccc2-c2nc(-c3ccc(-n4c5ccccc5c5ccc6c7ccccc7n(-c7ccccc7)c6c54)cc3)nc(-c3ccccc3)c21. The summed E-state index contributed by atoms with van der Waals surface area (Å²) in [5.41, 5.74) is 12.6. The van der Waals surface area contributed by atoms with Gasteiger partial charge >= 0.3 is 0 Å². The van der Waals surface area contributed by atoms with E-state index in [2.05, 4.69) is 192 Å². The predicted molar refractivity (Wildman–Crippen MR) is 224 cm³/mol. The van der Waals surface area contributed by atoms with Crippen molar-refractivity contribution in [1.82, 2.24) is 19.1 Å². The summed E-state index contributed by atoms with van der Waals surface area (Å²) in [7, 11) is -2.02. The summed E-state index contributed by atoms with van der Waals surface area (Å²) in [6, 6.07) is 61.2. The van der Waals surface area contributed by atoms with Crippen LogP contribution in [0.25, 0.3) is 88.9 Å². The predicted octanol–water partition coefficient (Wildman–Crippen LogP) is 10.8. The van der Waals surface area contributed by atoms with E-state index in [4.69, 9.17) is 9.97 Å². The van der Waals surface area contributed by atoms with Crippen LogP contribution >= 0.6 is 0 Å². The van der Waals surface area contributed by atoms with Gasteiger partial charge in [0.15, 0.2) is 5.82 Å². The maximum absolute atomic E-state index is 5.38. The van der Waals surface area contributed by atoms with Crippen molar-refractivity contribution in [3.63, 3.8) is 0 Å². The zero-order chi connectivity index (χ0) is 35.3. The topological polar surface area (TPSA) is 35.6 Å². The average Bonchev–Trinajstić information content (AvgIpc) is 3.82. The second kappa shape index (κ2) is 11.2. The van der Waals surface area contributed by atoms with E-state index >= 15 is 0 Å². The molecule has 0 saturated heterocycles. The van der Waals surface area contributed by atoms with E-state index in [1.54, 1.807) is 0 Å². The van der Waals surface area contributed by atoms with Gasteiger partial charge in [-0.2, -0.15) is 0 Å². The van der Waals surface area contributed by atoms with Crippen molar-refractivity contribution in [2.75, 3.05) is 0 Å². The van der Waals surface area contributed by atoms with Gasteiger partial charge in [0.1, 0.15) is 8.07 Å². The molecule has 250 valence electrons. The lowest BCUT2D eigenvalue weighted by Gasteiger charge is -2.21. The number of rotatable bonds is 4. The van der Waals surface area contributed by atoms with Gasteiger partial charge in [-0.15, -0.1) is 0 Å². The highest BCUT2D eigenvalue weighted by Crippen LogP contribution is 2.42. The van der Waals surface area contributed by atoms with Gasteiger partial charge in [-0.25, -0.2) is 9.97 Å². The van der Waals surface area contributed by atoms with E-state index in [9.17, 15) is 0 Å². The normalized spacial score (nSPS) is 13.2. The number of para-hydroxylation sites is 3. The Morgan fingerprint density at radius 1 is 0.415 bits per heavy atom. The summed E-state index contributed by atoms with van der Waals surface area (Å²) >= 11 is 0. The Morgan fingerprint density at radius 2 is 0.925 bits per heavy atom. The molecule has 0 saturated carbocycles. The Labute approximate surface area is 308 Å². The molecule has 53 heavy (non-hydrogen) atoms. The molecule has 3 aromatic heterocycles. The monoisotopic (exact) mass is 694 g/mol. The van der Waals surface area contributed by atoms with Crippen LogP contribution in [0.2, 0.25) is 13.1 Å². The summed E-state index contributed by atoms with van der Waals surface area (Å²) in [5, 5.41) is 7.71. The van der Waals surface area contributed by atoms with Gasteiger partial charge in [0, 0.05) is 44.0 Å². The van der Waals surface area contributed by atoms with Crippen molar-refractivity contribution in [2.45, 2.75) is 13.1 Å². The molecule has 1 aliphatic heterocycles. The summed E-state index contributed by atoms with van der Waals surface area (Å²) in [5.74, 6) is 0.754. The van der Waals surface area contributed by atoms with Crippen LogP contribution in [0.1, 0.15) is 0 Å².